The first-order valence-corrected chi connectivity index (χ1v) is 10.6. The quantitative estimate of drug-likeness (QED) is 0.472. The van der Waals surface area contributed by atoms with Crippen molar-refractivity contribution >= 4 is 32.6 Å². The van der Waals surface area contributed by atoms with Gasteiger partial charge in [0, 0.05) is 12.4 Å². The molecule has 1 aliphatic heterocycles. The molecule has 7 nitrogen and oxygen atoms in total. The predicted octanol–water partition coefficient (Wildman–Crippen LogP) is 4.07. The van der Waals surface area contributed by atoms with E-state index < -0.39 is 6.10 Å². The van der Waals surface area contributed by atoms with E-state index in [-0.39, 0.29) is 12.5 Å². The molecule has 1 aliphatic rings. The smallest absolute Gasteiger partial charge is 0.273 e. The molecule has 0 saturated heterocycles. The number of methoxy groups -OCH3 is 1. The molecule has 0 aliphatic carbocycles. The first-order chi connectivity index (χ1) is 15.2. The minimum absolute atomic E-state index is 0.133. The topological polar surface area (TPSA) is 73.8 Å². The van der Waals surface area contributed by atoms with E-state index in [2.05, 4.69) is 4.98 Å². The number of fused-ring (bicyclic) bond motifs is 2. The maximum Gasteiger partial charge on any atom is 0.273 e. The van der Waals surface area contributed by atoms with Crippen molar-refractivity contribution in [3.8, 4) is 17.2 Å². The molecule has 5 rings (SSSR count). The Morgan fingerprint density at radius 2 is 2.03 bits per heavy atom. The van der Waals surface area contributed by atoms with Crippen LogP contribution < -0.4 is 19.1 Å². The SMILES string of the molecule is COc1cccc2sc(N(Cc3cccnc3)C(=O)[C@H]3COc4ccccc4O3)nc12. The molecule has 3 heterocycles. The van der Waals surface area contributed by atoms with Gasteiger partial charge in [0.2, 0.25) is 6.10 Å². The number of thiazole rings is 1. The van der Waals surface area contributed by atoms with Crippen LogP contribution in [0.15, 0.2) is 67.0 Å². The second kappa shape index (κ2) is 8.23. The third kappa shape index (κ3) is 3.77. The van der Waals surface area contributed by atoms with E-state index in [1.54, 1.807) is 30.5 Å². The van der Waals surface area contributed by atoms with Crippen LogP contribution in [-0.4, -0.2) is 35.7 Å². The highest BCUT2D eigenvalue weighted by Gasteiger charge is 2.33. The summed E-state index contributed by atoms with van der Waals surface area (Å²) >= 11 is 1.43. The number of rotatable bonds is 5. The number of carbonyl (C=O) groups is 1. The summed E-state index contributed by atoms with van der Waals surface area (Å²) in [5.41, 5.74) is 1.61. The first-order valence-electron chi connectivity index (χ1n) is 9.75. The van der Waals surface area contributed by atoms with Gasteiger partial charge in [0.1, 0.15) is 17.9 Å². The fraction of sp³-hybridized carbons (Fsp3) is 0.174. The van der Waals surface area contributed by atoms with Crippen LogP contribution in [0.3, 0.4) is 0 Å². The zero-order chi connectivity index (χ0) is 21.2. The predicted molar refractivity (Wildman–Crippen MR) is 118 cm³/mol. The third-order valence-electron chi connectivity index (χ3n) is 4.94. The summed E-state index contributed by atoms with van der Waals surface area (Å²) in [6.07, 6.45) is 2.66. The van der Waals surface area contributed by atoms with Gasteiger partial charge in [0.05, 0.1) is 18.4 Å². The van der Waals surface area contributed by atoms with Gasteiger partial charge in [-0.05, 0) is 35.9 Å². The van der Waals surface area contributed by atoms with Crippen LogP contribution in [0.25, 0.3) is 10.2 Å². The second-order valence-electron chi connectivity index (χ2n) is 6.95. The molecule has 2 aromatic carbocycles. The zero-order valence-electron chi connectivity index (χ0n) is 16.7. The number of anilines is 1. The van der Waals surface area contributed by atoms with Gasteiger partial charge in [0.15, 0.2) is 16.6 Å². The van der Waals surface area contributed by atoms with E-state index >= 15 is 0 Å². The summed E-state index contributed by atoms with van der Waals surface area (Å²) < 4.78 is 18.1. The number of benzene rings is 2. The molecule has 0 saturated carbocycles. The molecule has 0 spiro atoms. The van der Waals surface area contributed by atoms with Crippen LogP contribution in [0.5, 0.6) is 17.2 Å². The summed E-state index contributed by atoms with van der Waals surface area (Å²) in [6, 6.07) is 16.8. The van der Waals surface area contributed by atoms with Gasteiger partial charge in [-0.1, -0.05) is 35.6 Å². The van der Waals surface area contributed by atoms with E-state index in [9.17, 15) is 4.79 Å². The first kappa shape index (κ1) is 19.3. The van der Waals surface area contributed by atoms with Crippen molar-refractivity contribution in [2.45, 2.75) is 12.6 Å². The number of amides is 1. The van der Waals surface area contributed by atoms with Crippen molar-refractivity contribution < 1.29 is 19.0 Å². The summed E-state index contributed by atoms with van der Waals surface area (Å²) in [6.45, 7) is 0.448. The Labute approximate surface area is 182 Å². The van der Waals surface area contributed by atoms with Crippen molar-refractivity contribution in [3.63, 3.8) is 0 Å². The fourth-order valence-corrected chi connectivity index (χ4v) is 4.41. The van der Waals surface area contributed by atoms with Crippen molar-refractivity contribution in [1.29, 1.82) is 0 Å². The zero-order valence-corrected chi connectivity index (χ0v) is 17.5. The second-order valence-corrected chi connectivity index (χ2v) is 7.96. The maximum atomic E-state index is 13.6. The molecule has 1 amide bonds. The normalized spacial score (nSPS) is 14.9. The Bertz CT molecular complexity index is 1230. The van der Waals surface area contributed by atoms with Gasteiger partial charge in [-0.15, -0.1) is 0 Å². The molecule has 31 heavy (non-hydrogen) atoms. The Balaban J connectivity index is 1.51. The Kier molecular flexibility index (Phi) is 5.13. The lowest BCUT2D eigenvalue weighted by Gasteiger charge is -2.29. The lowest BCUT2D eigenvalue weighted by molar-refractivity contribution is -0.127. The van der Waals surface area contributed by atoms with Crippen LogP contribution in [0, 0.1) is 0 Å². The Hall–Kier alpha value is -3.65. The summed E-state index contributed by atoms with van der Waals surface area (Å²) in [5, 5.41) is 0.566. The maximum absolute atomic E-state index is 13.6. The highest BCUT2D eigenvalue weighted by Crippen LogP contribution is 2.36. The Morgan fingerprint density at radius 1 is 1.16 bits per heavy atom. The average molecular weight is 433 g/mol. The van der Waals surface area contributed by atoms with Gasteiger partial charge in [-0.2, -0.15) is 0 Å². The van der Waals surface area contributed by atoms with Crippen LogP contribution in [0.1, 0.15) is 5.56 Å². The number of ether oxygens (including phenoxy) is 3. The van der Waals surface area contributed by atoms with Crippen LogP contribution >= 0.6 is 11.3 Å². The molecular formula is C23H19N3O4S. The molecule has 0 bridgehead atoms. The van der Waals surface area contributed by atoms with Gasteiger partial charge >= 0.3 is 0 Å². The minimum Gasteiger partial charge on any atom is -0.494 e. The van der Waals surface area contributed by atoms with Crippen molar-refractivity contribution in [2.24, 2.45) is 0 Å². The molecular weight excluding hydrogens is 414 g/mol. The largest absolute Gasteiger partial charge is 0.494 e. The molecule has 2 aromatic heterocycles. The minimum atomic E-state index is -0.777. The summed E-state index contributed by atoms with van der Waals surface area (Å²) in [7, 11) is 1.61. The molecule has 0 radical (unpaired) electrons. The lowest BCUT2D eigenvalue weighted by Crippen LogP contribution is -2.46. The molecule has 156 valence electrons. The molecule has 0 unspecified atom stereocenters. The summed E-state index contributed by atoms with van der Waals surface area (Å²) in [5.74, 6) is 1.63. The van der Waals surface area contributed by atoms with Crippen molar-refractivity contribution in [3.05, 3.63) is 72.6 Å². The Morgan fingerprint density at radius 3 is 2.84 bits per heavy atom. The van der Waals surface area contributed by atoms with Gasteiger partial charge in [0.25, 0.3) is 5.91 Å². The molecule has 0 N–H and O–H groups in total. The number of nitrogens with zero attached hydrogens (tertiary/aromatic N) is 3. The van der Waals surface area contributed by atoms with E-state index in [0.29, 0.717) is 28.9 Å². The molecule has 1 atom stereocenters. The van der Waals surface area contributed by atoms with Crippen LogP contribution in [-0.2, 0) is 11.3 Å². The van der Waals surface area contributed by atoms with E-state index in [0.717, 1.165) is 15.8 Å². The van der Waals surface area contributed by atoms with Crippen LogP contribution in [0.2, 0.25) is 0 Å². The highest BCUT2D eigenvalue weighted by molar-refractivity contribution is 7.22. The molecule has 4 aromatic rings. The van der Waals surface area contributed by atoms with E-state index in [4.69, 9.17) is 19.2 Å². The number of pyridine rings is 1. The number of carbonyl (C=O) groups excluding carboxylic acids is 1. The van der Waals surface area contributed by atoms with E-state index in [1.807, 2.05) is 48.5 Å². The highest BCUT2D eigenvalue weighted by atomic mass is 32.1. The van der Waals surface area contributed by atoms with Crippen molar-refractivity contribution in [2.75, 3.05) is 18.6 Å². The van der Waals surface area contributed by atoms with E-state index in [1.165, 1.54) is 11.3 Å². The standard InChI is InChI=1S/C23H19N3O4S/c1-28-18-9-4-10-20-21(18)25-23(31-20)26(13-15-6-5-11-24-12-15)22(27)19-14-29-16-7-2-3-8-17(16)30-19/h2-12,19H,13-14H2,1H3/t19-/m1/s1. The lowest BCUT2D eigenvalue weighted by atomic mass is 10.2. The average Bonchev–Trinajstić information content (AvgIpc) is 3.26. The summed E-state index contributed by atoms with van der Waals surface area (Å²) in [4.78, 5) is 24.1. The third-order valence-corrected chi connectivity index (χ3v) is 5.98. The fourth-order valence-electron chi connectivity index (χ4n) is 3.42. The number of hydrogen-bond acceptors (Lipinski definition) is 7. The number of para-hydroxylation sites is 3. The van der Waals surface area contributed by atoms with Crippen LogP contribution in [0.4, 0.5) is 5.13 Å². The van der Waals surface area contributed by atoms with Gasteiger partial charge < -0.3 is 14.2 Å². The van der Waals surface area contributed by atoms with Gasteiger partial charge in [-0.25, -0.2) is 4.98 Å². The van der Waals surface area contributed by atoms with Gasteiger partial charge in [-0.3, -0.25) is 14.7 Å². The monoisotopic (exact) mass is 433 g/mol. The molecule has 8 heteroatoms. The number of aromatic nitrogens is 2. The molecule has 0 fully saturated rings. The number of hydrogen-bond donors (Lipinski definition) is 0. The van der Waals surface area contributed by atoms with Crippen molar-refractivity contribution in [1.82, 2.24) is 9.97 Å².